The highest BCUT2D eigenvalue weighted by Gasteiger charge is 2.25. The molecule has 2 rings (SSSR count). The van der Waals surface area contributed by atoms with E-state index in [0.29, 0.717) is 16.6 Å². The molecule has 2 nitrogen and oxygen atoms in total. The van der Waals surface area contributed by atoms with E-state index in [1.54, 1.807) is 6.07 Å². The first-order valence-electron chi connectivity index (χ1n) is 7.05. The zero-order chi connectivity index (χ0) is 13.8. The van der Waals surface area contributed by atoms with Gasteiger partial charge in [-0.2, -0.15) is 0 Å². The Morgan fingerprint density at radius 1 is 1.37 bits per heavy atom. The lowest BCUT2D eigenvalue weighted by Gasteiger charge is -2.40. The summed E-state index contributed by atoms with van der Waals surface area (Å²) in [5.41, 5.74) is 1.17. The molecule has 1 fully saturated rings. The Morgan fingerprint density at radius 3 is 2.79 bits per heavy atom. The smallest absolute Gasteiger partial charge is 0.137 e. The second kappa shape index (κ2) is 6.82. The zero-order valence-corrected chi connectivity index (χ0v) is 13.2. The van der Waals surface area contributed by atoms with E-state index in [1.165, 1.54) is 5.56 Å². The Hall–Kier alpha value is -0.450. The van der Waals surface area contributed by atoms with Crippen LogP contribution in [-0.4, -0.2) is 30.1 Å². The molecule has 0 radical (unpaired) electrons. The van der Waals surface area contributed by atoms with E-state index in [2.05, 4.69) is 40.0 Å². The maximum atomic E-state index is 13.3. The van der Waals surface area contributed by atoms with Gasteiger partial charge in [0.1, 0.15) is 5.82 Å². The van der Waals surface area contributed by atoms with Crippen LogP contribution in [0.1, 0.15) is 32.3 Å². The highest BCUT2D eigenvalue weighted by molar-refractivity contribution is 9.10. The van der Waals surface area contributed by atoms with Crippen LogP contribution in [0.3, 0.4) is 0 Å². The van der Waals surface area contributed by atoms with Crippen molar-refractivity contribution in [3.05, 3.63) is 34.1 Å². The zero-order valence-electron chi connectivity index (χ0n) is 11.6. The van der Waals surface area contributed by atoms with Crippen molar-refractivity contribution in [2.24, 2.45) is 0 Å². The first kappa shape index (κ1) is 14.9. The molecule has 1 saturated heterocycles. The van der Waals surface area contributed by atoms with E-state index in [9.17, 15) is 4.39 Å². The van der Waals surface area contributed by atoms with Crippen molar-refractivity contribution in [3.63, 3.8) is 0 Å². The fourth-order valence-corrected chi connectivity index (χ4v) is 3.10. The molecule has 0 bridgehead atoms. The molecule has 1 heterocycles. The number of hydrogen-bond donors (Lipinski definition) is 1. The summed E-state index contributed by atoms with van der Waals surface area (Å²) in [6.45, 7) is 7.47. The van der Waals surface area contributed by atoms with Crippen LogP contribution in [0, 0.1) is 5.82 Å². The van der Waals surface area contributed by atoms with Gasteiger partial charge in [-0.3, -0.25) is 4.90 Å². The second-order valence-corrected chi connectivity index (χ2v) is 6.11. The van der Waals surface area contributed by atoms with Crippen molar-refractivity contribution in [1.29, 1.82) is 0 Å². The minimum atomic E-state index is -0.192. The fraction of sp³-hybridized carbons (Fsp3) is 0.600. The van der Waals surface area contributed by atoms with Gasteiger partial charge in [0.05, 0.1) is 4.47 Å². The molecular formula is C15H22BrFN2. The summed E-state index contributed by atoms with van der Waals surface area (Å²) in [5.74, 6) is -0.192. The normalized spacial score (nSPS) is 24.6. The lowest BCUT2D eigenvalue weighted by molar-refractivity contribution is 0.117. The molecule has 2 atom stereocenters. The molecule has 1 aromatic rings. The van der Waals surface area contributed by atoms with Crippen LogP contribution < -0.4 is 5.32 Å². The third kappa shape index (κ3) is 3.77. The van der Waals surface area contributed by atoms with Crippen LogP contribution in [0.4, 0.5) is 4.39 Å². The topological polar surface area (TPSA) is 15.3 Å². The Kier molecular flexibility index (Phi) is 5.37. The van der Waals surface area contributed by atoms with Gasteiger partial charge in [-0.05, 0) is 46.5 Å². The molecule has 0 saturated carbocycles. The van der Waals surface area contributed by atoms with Crippen LogP contribution in [-0.2, 0) is 6.54 Å². The molecule has 19 heavy (non-hydrogen) atoms. The van der Waals surface area contributed by atoms with E-state index in [4.69, 9.17) is 0 Å². The fourth-order valence-electron chi connectivity index (χ4n) is 2.67. The van der Waals surface area contributed by atoms with Crippen molar-refractivity contribution in [2.45, 2.75) is 45.3 Å². The van der Waals surface area contributed by atoms with Crippen molar-refractivity contribution in [1.82, 2.24) is 10.2 Å². The molecule has 0 amide bonds. The molecule has 1 aromatic carbocycles. The molecule has 4 heteroatoms. The highest BCUT2D eigenvalue weighted by atomic mass is 79.9. The van der Waals surface area contributed by atoms with Crippen molar-refractivity contribution < 1.29 is 4.39 Å². The van der Waals surface area contributed by atoms with Crippen LogP contribution in [0.25, 0.3) is 0 Å². The predicted octanol–water partition coefficient (Wildman–Crippen LogP) is 3.55. The molecule has 0 spiro atoms. The Labute approximate surface area is 123 Å². The summed E-state index contributed by atoms with van der Waals surface area (Å²) in [7, 11) is 0. The van der Waals surface area contributed by atoms with Crippen molar-refractivity contribution in [2.75, 3.05) is 13.1 Å². The molecule has 1 aliphatic heterocycles. The van der Waals surface area contributed by atoms with Gasteiger partial charge < -0.3 is 5.32 Å². The monoisotopic (exact) mass is 328 g/mol. The van der Waals surface area contributed by atoms with E-state index < -0.39 is 0 Å². The summed E-state index contributed by atoms with van der Waals surface area (Å²) in [6.07, 6.45) is 2.30. The SMILES string of the molecule is CCC1CN(Cc2ccc(F)c(Br)c2)C(CC)CN1. The van der Waals surface area contributed by atoms with Gasteiger partial charge >= 0.3 is 0 Å². The number of benzene rings is 1. The number of nitrogens with zero attached hydrogens (tertiary/aromatic N) is 1. The van der Waals surface area contributed by atoms with Gasteiger partial charge in [-0.25, -0.2) is 4.39 Å². The summed E-state index contributed by atoms with van der Waals surface area (Å²) >= 11 is 3.26. The Bertz CT molecular complexity index is 425. The first-order valence-corrected chi connectivity index (χ1v) is 7.84. The molecular weight excluding hydrogens is 307 g/mol. The quantitative estimate of drug-likeness (QED) is 0.909. The lowest BCUT2D eigenvalue weighted by atomic mass is 10.0. The van der Waals surface area contributed by atoms with Gasteiger partial charge in [0.15, 0.2) is 0 Å². The number of halogens is 2. The molecule has 1 N–H and O–H groups in total. The number of hydrogen-bond acceptors (Lipinski definition) is 2. The lowest BCUT2D eigenvalue weighted by Crippen LogP contribution is -2.55. The summed E-state index contributed by atoms with van der Waals surface area (Å²) in [5, 5.41) is 3.60. The third-order valence-corrected chi connectivity index (χ3v) is 4.55. The van der Waals surface area contributed by atoms with Crippen LogP contribution in [0.5, 0.6) is 0 Å². The third-order valence-electron chi connectivity index (χ3n) is 3.95. The molecule has 106 valence electrons. The van der Waals surface area contributed by atoms with Gasteiger partial charge in [0, 0.05) is 31.7 Å². The van der Waals surface area contributed by atoms with E-state index in [0.717, 1.165) is 32.5 Å². The summed E-state index contributed by atoms with van der Waals surface area (Å²) in [4.78, 5) is 2.52. The van der Waals surface area contributed by atoms with E-state index >= 15 is 0 Å². The average molecular weight is 329 g/mol. The largest absolute Gasteiger partial charge is 0.311 e. The highest BCUT2D eigenvalue weighted by Crippen LogP contribution is 2.20. The molecule has 0 aromatic heterocycles. The van der Waals surface area contributed by atoms with Gasteiger partial charge in [-0.1, -0.05) is 19.9 Å². The van der Waals surface area contributed by atoms with E-state index in [1.807, 2.05) is 12.1 Å². The van der Waals surface area contributed by atoms with Gasteiger partial charge in [0.25, 0.3) is 0 Å². The maximum absolute atomic E-state index is 13.3. The van der Waals surface area contributed by atoms with Gasteiger partial charge in [0.2, 0.25) is 0 Å². The Morgan fingerprint density at radius 2 is 2.16 bits per heavy atom. The average Bonchev–Trinajstić information content (AvgIpc) is 2.43. The van der Waals surface area contributed by atoms with Crippen LogP contribution >= 0.6 is 15.9 Å². The van der Waals surface area contributed by atoms with Crippen LogP contribution in [0.2, 0.25) is 0 Å². The number of piperazine rings is 1. The van der Waals surface area contributed by atoms with Crippen molar-refractivity contribution in [3.8, 4) is 0 Å². The number of rotatable bonds is 4. The van der Waals surface area contributed by atoms with E-state index in [-0.39, 0.29) is 5.82 Å². The van der Waals surface area contributed by atoms with Crippen LogP contribution in [0.15, 0.2) is 22.7 Å². The maximum Gasteiger partial charge on any atom is 0.137 e. The molecule has 0 aliphatic carbocycles. The summed E-state index contributed by atoms with van der Waals surface area (Å²) in [6, 6.07) is 6.47. The van der Waals surface area contributed by atoms with Gasteiger partial charge in [-0.15, -0.1) is 0 Å². The van der Waals surface area contributed by atoms with Crippen molar-refractivity contribution >= 4 is 15.9 Å². The predicted molar refractivity (Wildman–Crippen MR) is 80.7 cm³/mol. The second-order valence-electron chi connectivity index (χ2n) is 5.25. The summed E-state index contributed by atoms with van der Waals surface area (Å²) < 4.78 is 13.8. The number of nitrogens with one attached hydrogen (secondary N) is 1. The standard InChI is InChI=1S/C15H22BrFN2/c1-3-12-10-19(13(4-2)8-18-12)9-11-5-6-15(17)14(16)7-11/h5-7,12-13,18H,3-4,8-10H2,1-2H3. The minimum Gasteiger partial charge on any atom is -0.311 e. The molecule has 2 unspecified atom stereocenters. The molecule has 1 aliphatic rings. The Balaban J connectivity index is 2.07. The minimum absolute atomic E-state index is 0.192. The first-order chi connectivity index (χ1) is 9.13.